The normalized spacial score (nSPS) is 15.1. The van der Waals surface area contributed by atoms with E-state index in [1.54, 1.807) is 0 Å². The smallest absolute Gasteiger partial charge is 0.449 e. The number of hydrogen-bond donors (Lipinski definition) is 3. The van der Waals surface area contributed by atoms with E-state index < -0.39 is 33.4 Å². The maximum absolute atomic E-state index is 11.5. The molecule has 20 heavy (non-hydrogen) atoms. The minimum absolute atomic E-state index is 0.372. The van der Waals surface area contributed by atoms with Crippen molar-refractivity contribution in [3.05, 3.63) is 0 Å². The fourth-order valence-electron chi connectivity index (χ4n) is 1.08. The summed E-state index contributed by atoms with van der Waals surface area (Å²) in [6, 6.07) is 0. The van der Waals surface area contributed by atoms with Gasteiger partial charge in [-0.25, -0.2) is 14.4 Å². The molecule has 0 aliphatic carbocycles. The zero-order valence-corrected chi connectivity index (χ0v) is 11.9. The number of esters is 1. The molecule has 0 spiro atoms. The number of nitrogens with zero attached hydrogens (tertiary/aromatic N) is 1. The van der Waals surface area contributed by atoms with Crippen LogP contribution in [0.1, 0.15) is 13.3 Å². The van der Waals surface area contributed by atoms with Gasteiger partial charge in [0.25, 0.3) is 5.90 Å². The van der Waals surface area contributed by atoms with Crippen molar-refractivity contribution in [2.45, 2.75) is 22.6 Å². The Bertz CT molecular complexity index is 451. The first-order valence-corrected chi connectivity index (χ1v) is 5.81. The van der Waals surface area contributed by atoms with Crippen molar-refractivity contribution in [1.29, 1.82) is 0 Å². The number of halogens is 3. The van der Waals surface area contributed by atoms with Gasteiger partial charge in [-0.2, -0.15) is 0 Å². The lowest BCUT2D eigenvalue weighted by atomic mass is 10.00. The molecule has 1 unspecified atom stereocenters. The van der Waals surface area contributed by atoms with Gasteiger partial charge in [0, 0.05) is 0 Å². The first-order chi connectivity index (χ1) is 9.02. The molecule has 0 bridgehead atoms. The number of alkyl halides is 3. The van der Waals surface area contributed by atoms with E-state index in [0.717, 1.165) is 0 Å². The summed E-state index contributed by atoms with van der Waals surface area (Å²) in [5, 5.41) is 27.9. The van der Waals surface area contributed by atoms with E-state index in [2.05, 4.69) is 14.6 Å². The van der Waals surface area contributed by atoms with Crippen molar-refractivity contribution in [2.24, 2.45) is 5.16 Å². The van der Waals surface area contributed by atoms with Crippen LogP contribution in [0.2, 0.25) is 0 Å². The molecule has 0 saturated carbocycles. The van der Waals surface area contributed by atoms with Crippen molar-refractivity contribution in [3.8, 4) is 0 Å². The van der Waals surface area contributed by atoms with Crippen molar-refractivity contribution in [2.75, 3.05) is 0 Å². The van der Waals surface area contributed by atoms with Crippen molar-refractivity contribution in [1.82, 2.24) is 0 Å². The maximum Gasteiger partial charge on any atom is 0.513 e. The fourth-order valence-corrected chi connectivity index (χ4v) is 1.74. The van der Waals surface area contributed by atoms with Gasteiger partial charge in [-0.1, -0.05) is 35.3 Å². The molecule has 0 heterocycles. The molecule has 0 radical (unpaired) electrons. The van der Waals surface area contributed by atoms with Gasteiger partial charge in [0.2, 0.25) is 4.33 Å². The topological polar surface area (TPSA) is 143 Å². The Morgan fingerprint density at radius 1 is 1.10 bits per heavy atom. The van der Waals surface area contributed by atoms with Gasteiger partial charge >= 0.3 is 18.3 Å². The minimum Gasteiger partial charge on any atom is -0.449 e. The number of carbonyl (C=O) groups is 3. The number of oxime groups is 1. The van der Waals surface area contributed by atoms with Gasteiger partial charge in [0.1, 0.15) is 0 Å². The third-order valence-corrected chi connectivity index (χ3v) is 3.89. The van der Waals surface area contributed by atoms with Gasteiger partial charge in [0.15, 0.2) is 4.87 Å². The zero-order chi connectivity index (χ0) is 16.1. The average Bonchev–Trinajstić information content (AvgIpc) is 2.33. The summed E-state index contributed by atoms with van der Waals surface area (Å²) in [7, 11) is 0. The Kier molecular flexibility index (Phi) is 6.32. The fraction of sp³-hybridized carbons (Fsp3) is 0.500. The number of hydrogen-bond acceptors (Lipinski definition) is 7. The Morgan fingerprint density at radius 3 is 1.85 bits per heavy atom. The molecule has 0 saturated heterocycles. The van der Waals surface area contributed by atoms with E-state index in [1.807, 2.05) is 0 Å². The summed E-state index contributed by atoms with van der Waals surface area (Å²) in [4.78, 5) is 29.8. The molecule has 0 aromatic rings. The molecule has 9 nitrogen and oxygen atoms in total. The highest BCUT2D eigenvalue weighted by Crippen LogP contribution is 2.44. The van der Waals surface area contributed by atoms with Crippen LogP contribution in [0.4, 0.5) is 9.59 Å². The lowest BCUT2D eigenvalue weighted by Gasteiger charge is -2.33. The molecule has 0 aromatic heterocycles. The van der Waals surface area contributed by atoms with Crippen LogP contribution in [-0.2, 0) is 14.3 Å². The molecular weight excluding hydrogens is 344 g/mol. The molecule has 0 aliphatic rings. The van der Waals surface area contributed by atoms with Gasteiger partial charge in [0.05, 0.1) is 0 Å². The Labute approximate surface area is 126 Å². The minimum atomic E-state index is -2.81. The quantitative estimate of drug-likeness (QED) is 0.133. The molecule has 0 aromatic carbocycles. The van der Waals surface area contributed by atoms with Crippen LogP contribution in [0, 0.1) is 0 Å². The molecule has 0 amide bonds. The highest BCUT2D eigenvalue weighted by molar-refractivity contribution is 6.64. The molecule has 0 rings (SSSR count). The molecular formula is C8H8Cl3NO8. The molecule has 0 aliphatic heterocycles. The second kappa shape index (κ2) is 6.82. The summed E-state index contributed by atoms with van der Waals surface area (Å²) in [6.07, 6.45) is -4.31. The van der Waals surface area contributed by atoms with Crippen LogP contribution in [0.25, 0.3) is 0 Å². The zero-order valence-electron chi connectivity index (χ0n) is 9.67. The molecule has 114 valence electrons. The lowest BCUT2D eigenvalue weighted by Crippen LogP contribution is -2.54. The predicted octanol–water partition coefficient (Wildman–Crippen LogP) is 2.25. The van der Waals surface area contributed by atoms with Crippen LogP contribution in [0.15, 0.2) is 5.16 Å². The second-order valence-corrected chi connectivity index (χ2v) is 5.13. The lowest BCUT2D eigenvalue weighted by molar-refractivity contribution is -0.140. The Hall–Kier alpha value is -1.45. The van der Waals surface area contributed by atoms with E-state index in [9.17, 15) is 14.4 Å². The SMILES string of the molecule is CCC(Cl)(/C(=N/O)OC(=O)O)C(Cl)(Cl)C(=O)OC(=O)O. The molecule has 12 heteroatoms. The summed E-state index contributed by atoms with van der Waals surface area (Å²) in [5.74, 6) is -2.85. The average molecular weight is 353 g/mol. The first kappa shape index (κ1) is 18.6. The largest absolute Gasteiger partial charge is 0.513 e. The van der Waals surface area contributed by atoms with E-state index in [4.69, 9.17) is 50.2 Å². The van der Waals surface area contributed by atoms with Gasteiger partial charge in [-0.15, -0.1) is 11.6 Å². The van der Waals surface area contributed by atoms with Crippen LogP contribution >= 0.6 is 34.8 Å². The summed E-state index contributed by atoms with van der Waals surface area (Å²) in [5.41, 5.74) is 0. The maximum atomic E-state index is 11.5. The van der Waals surface area contributed by atoms with E-state index in [-0.39, 0.29) is 6.42 Å². The number of carbonyl (C=O) groups excluding carboxylic acids is 1. The third-order valence-electron chi connectivity index (χ3n) is 2.04. The highest BCUT2D eigenvalue weighted by Gasteiger charge is 2.60. The summed E-state index contributed by atoms with van der Waals surface area (Å²) >= 11 is 17.1. The van der Waals surface area contributed by atoms with Gasteiger partial charge in [-0.3, -0.25) is 0 Å². The van der Waals surface area contributed by atoms with E-state index in [1.165, 1.54) is 6.92 Å². The Balaban J connectivity index is 5.64. The number of carboxylic acid groups (broad SMARTS) is 2. The van der Waals surface area contributed by atoms with Crippen LogP contribution in [0.3, 0.4) is 0 Å². The first-order valence-electron chi connectivity index (χ1n) is 4.68. The van der Waals surface area contributed by atoms with Gasteiger partial charge < -0.3 is 24.9 Å². The highest BCUT2D eigenvalue weighted by atomic mass is 35.5. The third kappa shape index (κ3) is 3.78. The van der Waals surface area contributed by atoms with Crippen molar-refractivity contribution in [3.63, 3.8) is 0 Å². The van der Waals surface area contributed by atoms with Crippen LogP contribution in [-0.4, -0.2) is 48.8 Å². The molecule has 3 N–H and O–H groups in total. The number of rotatable bonds is 4. The second-order valence-electron chi connectivity index (χ2n) is 3.16. The van der Waals surface area contributed by atoms with Crippen molar-refractivity contribution >= 4 is 59.0 Å². The summed E-state index contributed by atoms with van der Waals surface area (Å²) < 4.78 is 5.00. The van der Waals surface area contributed by atoms with E-state index in [0.29, 0.717) is 0 Å². The van der Waals surface area contributed by atoms with Crippen LogP contribution < -0.4 is 0 Å². The number of ether oxygens (including phenoxy) is 2. The van der Waals surface area contributed by atoms with Gasteiger partial charge in [-0.05, 0) is 6.42 Å². The standard InChI is InChI=1S/C8H8Cl3NO8/c1-2-7(9,3(12-18)19-5(14)15)8(10,11)4(13)20-6(16)17/h18H,2H2,1H3,(H,14,15)(H,16,17)/b12-3-. The van der Waals surface area contributed by atoms with Crippen LogP contribution in [0.5, 0.6) is 0 Å². The molecule has 1 atom stereocenters. The predicted molar refractivity (Wildman–Crippen MR) is 65.8 cm³/mol. The Morgan fingerprint density at radius 2 is 1.55 bits per heavy atom. The summed E-state index contributed by atoms with van der Waals surface area (Å²) in [6.45, 7) is 1.29. The van der Waals surface area contributed by atoms with Crippen molar-refractivity contribution < 1.29 is 39.3 Å². The monoisotopic (exact) mass is 351 g/mol. The van der Waals surface area contributed by atoms with E-state index >= 15 is 0 Å². The molecule has 0 fully saturated rings.